The molecule has 0 saturated heterocycles. The van der Waals surface area contributed by atoms with E-state index in [1.54, 1.807) is 25.2 Å². The zero-order valence-corrected chi connectivity index (χ0v) is 16.7. The predicted molar refractivity (Wildman–Crippen MR) is 106 cm³/mol. The van der Waals surface area contributed by atoms with E-state index in [1.165, 1.54) is 25.5 Å². The summed E-state index contributed by atoms with van der Waals surface area (Å²) in [5.41, 5.74) is 7.19. The summed E-state index contributed by atoms with van der Waals surface area (Å²) in [4.78, 5) is 5.17. The second-order valence-corrected chi connectivity index (χ2v) is 8.55. The molecule has 0 radical (unpaired) electrons. The Morgan fingerprint density at radius 1 is 1.22 bits per heavy atom. The minimum Gasteiger partial charge on any atom is -0.394 e. The number of hydrogen-bond acceptors (Lipinski definition) is 5. The lowest BCUT2D eigenvalue weighted by molar-refractivity contribution is 0.0715. The average Bonchev–Trinajstić information content (AvgIpc) is 2.60. The largest absolute Gasteiger partial charge is 0.394 e. The van der Waals surface area contributed by atoms with Gasteiger partial charge in [-0.15, -0.1) is 0 Å². The summed E-state index contributed by atoms with van der Waals surface area (Å²) >= 11 is 0. The van der Waals surface area contributed by atoms with E-state index in [0.29, 0.717) is 5.56 Å². The molecule has 2 aromatic rings. The summed E-state index contributed by atoms with van der Waals surface area (Å²) < 4.78 is 36.7. The molecule has 0 bridgehead atoms. The van der Waals surface area contributed by atoms with E-state index in [9.17, 15) is 12.8 Å². The zero-order valence-electron chi connectivity index (χ0n) is 15.9. The normalized spacial score (nSPS) is 13.4. The lowest BCUT2D eigenvalue weighted by Gasteiger charge is -2.22. The molecule has 7 heteroatoms. The van der Waals surface area contributed by atoms with E-state index in [4.69, 9.17) is 4.84 Å². The number of benzene rings is 2. The molecular formula is C20H25FN2O3S. The van der Waals surface area contributed by atoms with Crippen LogP contribution in [-0.2, 0) is 20.4 Å². The van der Waals surface area contributed by atoms with Crippen LogP contribution in [0.15, 0.2) is 48.7 Å². The molecular weight excluding hydrogens is 367 g/mol. The van der Waals surface area contributed by atoms with E-state index in [2.05, 4.69) is 10.8 Å². The Bertz CT molecular complexity index is 909. The van der Waals surface area contributed by atoms with Crippen LogP contribution in [0.4, 0.5) is 4.39 Å². The van der Waals surface area contributed by atoms with Crippen molar-refractivity contribution in [1.82, 2.24) is 10.8 Å². The van der Waals surface area contributed by atoms with Crippen LogP contribution in [-0.4, -0.2) is 28.8 Å². The summed E-state index contributed by atoms with van der Waals surface area (Å²) in [7, 11) is 0.169. The highest BCUT2D eigenvalue weighted by molar-refractivity contribution is 7.89. The van der Waals surface area contributed by atoms with Crippen LogP contribution in [0, 0.1) is 5.82 Å². The van der Waals surface area contributed by atoms with Gasteiger partial charge in [0.1, 0.15) is 5.82 Å². The van der Waals surface area contributed by atoms with Crippen LogP contribution >= 0.6 is 0 Å². The second kappa shape index (κ2) is 9.12. The van der Waals surface area contributed by atoms with Gasteiger partial charge in [0.25, 0.3) is 0 Å². The molecule has 27 heavy (non-hydrogen) atoms. The number of hydroxylamine groups is 1. The van der Waals surface area contributed by atoms with Crippen LogP contribution in [0.25, 0.3) is 5.57 Å². The van der Waals surface area contributed by atoms with Crippen LogP contribution in [0.5, 0.6) is 0 Å². The summed E-state index contributed by atoms with van der Waals surface area (Å²) in [5, 5.41) is 3.00. The summed E-state index contributed by atoms with van der Waals surface area (Å²) in [5.74, 6) is -0.351. The van der Waals surface area contributed by atoms with E-state index in [1.807, 2.05) is 25.3 Å². The maximum absolute atomic E-state index is 13.3. The Kier molecular flexibility index (Phi) is 7.12. The molecule has 5 nitrogen and oxygen atoms in total. The van der Waals surface area contributed by atoms with Gasteiger partial charge in [0.15, 0.2) is 9.84 Å². The highest BCUT2D eigenvalue weighted by atomic mass is 32.2. The van der Waals surface area contributed by atoms with Gasteiger partial charge in [-0.05, 0) is 53.1 Å². The SMILES string of the molecule is CN/C=C(\C)c1cc(CS(C)(=O)=O)ccc1C(NOC)c1ccc(F)cc1. The third kappa shape index (κ3) is 5.89. The standard InChI is InChI=1S/C20H25FN2O3S/c1-14(12-22-2)19-11-15(13-27(4,24)25)5-10-18(19)20(23-26-3)16-6-8-17(21)9-7-16/h5-12,20,22-23H,13H2,1-4H3/b14-12+. The Balaban J connectivity index is 2.60. The molecule has 0 saturated carbocycles. The molecule has 1 atom stereocenters. The number of rotatable bonds is 8. The third-order valence-electron chi connectivity index (χ3n) is 4.08. The van der Waals surface area contributed by atoms with Crippen LogP contribution < -0.4 is 10.8 Å². The summed E-state index contributed by atoms with van der Waals surface area (Å²) in [6, 6.07) is 11.4. The Labute approximate surface area is 160 Å². The van der Waals surface area contributed by atoms with Gasteiger partial charge >= 0.3 is 0 Å². The van der Waals surface area contributed by atoms with E-state index in [0.717, 1.165) is 22.3 Å². The van der Waals surface area contributed by atoms with Gasteiger partial charge in [0, 0.05) is 13.3 Å². The van der Waals surface area contributed by atoms with Crippen LogP contribution in [0.3, 0.4) is 0 Å². The predicted octanol–water partition coefficient (Wildman–Crippen LogP) is 3.19. The molecule has 146 valence electrons. The number of halogens is 1. The average molecular weight is 392 g/mol. The molecule has 1 unspecified atom stereocenters. The fourth-order valence-corrected chi connectivity index (χ4v) is 3.75. The van der Waals surface area contributed by atoms with Crippen molar-refractivity contribution in [2.45, 2.75) is 18.7 Å². The first-order chi connectivity index (χ1) is 12.7. The summed E-state index contributed by atoms with van der Waals surface area (Å²) in [6.07, 6.45) is 3.06. The van der Waals surface area contributed by atoms with Gasteiger partial charge in [-0.2, -0.15) is 5.48 Å². The first-order valence-electron chi connectivity index (χ1n) is 8.44. The lowest BCUT2D eigenvalue weighted by Crippen LogP contribution is -2.22. The molecule has 0 aliphatic heterocycles. The molecule has 0 amide bonds. The van der Waals surface area contributed by atoms with Crippen molar-refractivity contribution in [3.05, 3.63) is 76.7 Å². The van der Waals surface area contributed by atoms with Gasteiger partial charge in [-0.1, -0.05) is 30.3 Å². The first-order valence-corrected chi connectivity index (χ1v) is 10.5. The minimum absolute atomic E-state index is 0.0357. The number of nitrogens with one attached hydrogen (secondary N) is 2. The van der Waals surface area contributed by atoms with Gasteiger partial charge in [-0.3, -0.25) is 0 Å². The molecule has 2 rings (SSSR count). The second-order valence-electron chi connectivity index (χ2n) is 6.41. The fourth-order valence-electron chi connectivity index (χ4n) is 2.97. The monoisotopic (exact) mass is 392 g/mol. The quantitative estimate of drug-likeness (QED) is 0.676. The van der Waals surface area contributed by atoms with Crippen molar-refractivity contribution in [3.63, 3.8) is 0 Å². The van der Waals surface area contributed by atoms with Gasteiger partial charge in [-0.25, -0.2) is 12.8 Å². The number of sulfone groups is 1. The maximum atomic E-state index is 13.3. The lowest BCUT2D eigenvalue weighted by atomic mass is 9.90. The Morgan fingerprint density at radius 2 is 1.89 bits per heavy atom. The maximum Gasteiger partial charge on any atom is 0.151 e. The third-order valence-corrected chi connectivity index (χ3v) is 4.94. The molecule has 0 spiro atoms. The van der Waals surface area contributed by atoms with Gasteiger partial charge in [0.05, 0.1) is 18.9 Å². The molecule has 2 aromatic carbocycles. The Morgan fingerprint density at radius 3 is 2.44 bits per heavy atom. The molecule has 0 heterocycles. The zero-order chi connectivity index (χ0) is 20.0. The first kappa shape index (κ1) is 21.1. The molecule has 0 fully saturated rings. The van der Waals surface area contributed by atoms with Crippen molar-refractivity contribution in [2.75, 3.05) is 20.4 Å². The van der Waals surface area contributed by atoms with Crippen molar-refractivity contribution in [2.24, 2.45) is 0 Å². The number of allylic oxidation sites excluding steroid dienone is 1. The van der Waals surface area contributed by atoms with E-state index >= 15 is 0 Å². The molecule has 0 aliphatic rings. The van der Waals surface area contributed by atoms with Crippen molar-refractivity contribution in [3.8, 4) is 0 Å². The smallest absolute Gasteiger partial charge is 0.151 e. The van der Waals surface area contributed by atoms with Crippen molar-refractivity contribution < 1.29 is 17.6 Å². The van der Waals surface area contributed by atoms with E-state index < -0.39 is 9.84 Å². The molecule has 0 aromatic heterocycles. The molecule has 0 aliphatic carbocycles. The van der Waals surface area contributed by atoms with Gasteiger partial charge in [0.2, 0.25) is 0 Å². The van der Waals surface area contributed by atoms with Gasteiger partial charge < -0.3 is 10.2 Å². The minimum atomic E-state index is -3.15. The molecule has 2 N–H and O–H groups in total. The summed E-state index contributed by atoms with van der Waals surface area (Å²) in [6.45, 7) is 1.94. The number of hydrogen-bond donors (Lipinski definition) is 2. The Hall–Kier alpha value is -2.22. The highest BCUT2D eigenvalue weighted by Crippen LogP contribution is 2.30. The topological polar surface area (TPSA) is 67.4 Å². The highest BCUT2D eigenvalue weighted by Gasteiger charge is 2.19. The van der Waals surface area contributed by atoms with Crippen molar-refractivity contribution >= 4 is 15.4 Å². The van der Waals surface area contributed by atoms with Crippen molar-refractivity contribution in [1.29, 1.82) is 0 Å². The van der Waals surface area contributed by atoms with E-state index in [-0.39, 0.29) is 17.6 Å². The van der Waals surface area contributed by atoms with Crippen LogP contribution in [0.1, 0.15) is 35.2 Å². The fraction of sp³-hybridized carbons (Fsp3) is 0.300. The van der Waals surface area contributed by atoms with Crippen LogP contribution in [0.2, 0.25) is 0 Å².